The summed E-state index contributed by atoms with van der Waals surface area (Å²) in [5, 5.41) is 0. The van der Waals surface area contributed by atoms with E-state index < -0.39 is 23.3 Å². The second-order valence-corrected chi connectivity index (χ2v) is 8.03. The summed E-state index contributed by atoms with van der Waals surface area (Å²) in [7, 11) is 0. The van der Waals surface area contributed by atoms with Crippen LogP contribution in [0, 0.1) is 0 Å². The van der Waals surface area contributed by atoms with E-state index in [-0.39, 0.29) is 42.5 Å². The van der Waals surface area contributed by atoms with Crippen LogP contribution in [0.3, 0.4) is 0 Å². The Kier molecular flexibility index (Phi) is 6.46. The molecule has 2 aliphatic heterocycles. The highest BCUT2D eigenvalue weighted by molar-refractivity contribution is 6.16. The summed E-state index contributed by atoms with van der Waals surface area (Å²) in [6.45, 7) is 7.17. The van der Waals surface area contributed by atoms with Gasteiger partial charge in [-0.25, -0.2) is 14.4 Å². The number of ether oxygens (including phenoxy) is 3. The SMILES string of the molecule is C=CCN1C(N)=C(C(=O)OCC)C2(C(=O)OC(C)=C2C(=O)OCc2ccccc2)c2ccccc21. The van der Waals surface area contributed by atoms with Crippen LogP contribution in [0.1, 0.15) is 25.0 Å². The summed E-state index contributed by atoms with van der Waals surface area (Å²) in [6, 6.07) is 16.0. The van der Waals surface area contributed by atoms with E-state index in [1.54, 1.807) is 42.2 Å². The Labute approximate surface area is 203 Å². The number of carbonyl (C=O) groups excluding carboxylic acids is 3. The number of rotatable bonds is 7. The van der Waals surface area contributed by atoms with E-state index in [1.165, 1.54) is 6.92 Å². The van der Waals surface area contributed by atoms with Crippen molar-refractivity contribution < 1.29 is 28.6 Å². The standard InChI is InChI=1S/C27H26N2O6/c1-4-15-29-20-14-10-9-13-19(20)27(22(23(29)28)25(31)33-5-2)21(17(3)35-26(27)32)24(30)34-16-18-11-7-6-8-12-18/h4,6-14H,1,5,15-16,28H2,2-3H3. The third-order valence-electron chi connectivity index (χ3n) is 6.01. The summed E-state index contributed by atoms with van der Waals surface area (Å²) in [6.07, 6.45) is 1.62. The Morgan fingerprint density at radius 2 is 1.71 bits per heavy atom. The van der Waals surface area contributed by atoms with E-state index >= 15 is 0 Å². The van der Waals surface area contributed by atoms with Gasteiger partial charge in [0, 0.05) is 17.8 Å². The van der Waals surface area contributed by atoms with Gasteiger partial charge in [-0.3, -0.25) is 0 Å². The maximum absolute atomic E-state index is 13.6. The van der Waals surface area contributed by atoms with Crippen LogP contribution in [0.15, 0.2) is 90.0 Å². The normalized spacial score (nSPS) is 18.9. The number of fused-ring (bicyclic) bond motifs is 2. The van der Waals surface area contributed by atoms with Crippen LogP contribution in [-0.2, 0) is 40.6 Å². The predicted octanol–water partition coefficient (Wildman–Crippen LogP) is 3.24. The summed E-state index contributed by atoms with van der Waals surface area (Å²) in [5.74, 6) is -2.43. The van der Waals surface area contributed by atoms with Crippen LogP contribution in [-0.4, -0.2) is 31.1 Å². The highest BCUT2D eigenvalue weighted by atomic mass is 16.6. The lowest BCUT2D eigenvalue weighted by molar-refractivity contribution is -0.147. The minimum atomic E-state index is -1.94. The summed E-state index contributed by atoms with van der Waals surface area (Å²) in [4.78, 5) is 42.2. The van der Waals surface area contributed by atoms with Gasteiger partial charge in [-0.1, -0.05) is 54.6 Å². The number of nitrogens with zero attached hydrogens (tertiary/aromatic N) is 1. The van der Waals surface area contributed by atoms with Crippen LogP contribution in [0.4, 0.5) is 5.69 Å². The Morgan fingerprint density at radius 3 is 2.40 bits per heavy atom. The molecule has 0 aromatic heterocycles. The molecule has 4 rings (SSSR count). The number of allylic oxidation sites excluding steroid dienone is 1. The first-order chi connectivity index (χ1) is 16.9. The molecule has 8 nitrogen and oxygen atoms in total. The number of esters is 3. The second-order valence-electron chi connectivity index (χ2n) is 8.03. The fourth-order valence-corrected chi connectivity index (χ4v) is 4.60. The number of cyclic esters (lactones) is 1. The lowest BCUT2D eigenvalue weighted by atomic mass is 9.66. The van der Waals surface area contributed by atoms with Crippen LogP contribution in [0.2, 0.25) is 0 Å². The Balaban J connectivity index is 1.93. The number of para-hydroxylation sites is 1. The number of nitrogens with two attached hydrogens (primary N) is 1. The molecule has 2 heterocycles. The third kappa shape index (κ3) is 3.77. The van der Waals surface area contributed by atoms with Gasteiger partial charge in [-0.15, -0.1) is 6.58 Å². The highest BCUT2D eigenvalue weighted by Gasteiger charge is 2.63. The first-order valence-electron chi connectivity index (χ1n) is 11.2. The lowest BCUT2D eigenvalue weighted by Gasteiger charge is -2.41. The Morgan fingerprint density at radius 1 is 1.06 bits per heavy atom. The molecule has 180 valence electrons. The minimum Gasteiger partial charge on any atom is -0.462 e. The molecule has 0 amide bonds. The molecule has 2 aromatic carbocycles. The number of hydrogen-bond acceptors (Lipinski definition) is 8. The van der Waals surface area contributed by atoms with Gasteiger partial charge in [-0.2, -0.15) is 0 Å². The summed E-state index contributed by atoms with van der Waals surface area (Å²) < 4.78 is 16.4. The van der Waals surface area contributed by atoms with Crippen molar-refractivity contribution in [2.45, 2.75) is 25.9 Å². The molecule has 1 atom stereocenters. The number of benzene rings is 2. The molecule has 1 unspecified atom stereocenters. The zero-order valence-electron chi connectivity index (χ0n) is 19.6. The average molecular weight is 475 g/mol. The Hall–Kier alpha value is -4.33. The van der Waals surface area contributed by atoms with Gasteiger partial charge < -0.3 is 24.8 Å². The van der Waals surface area contributed by atoms with Crippen LogP contribution in [0.25, 0.3) is 0 Å². The van der Waals surface area contributed by atoms with E-state index in [0.717, 1.165) is 5.56 Å². The second kappa shape index (κ2) is 9.50. The molecular weight excluding hydrogens is 448 g/mol. The van der Waals surface area contributed by atoms with Crippen LogP contribution < -0.4 is 10.6 Å². The van der Waals surface area contributed by atoms with Crippen molar-refractivity contribution >= 4 is 23.6 Å². The third-order valence-corrected chi connectivity index (χ3v) is 6.01. The molecule has 0 bridgehead atoms. The van der Waals surface area contributed by atoms with E-state index in [2.05, 4.69) is 6.58 Å². The van der Waals surface area contributed by atoms with Crippen molar-refractivity contribution in [2.24, 2.45) is 5.73 Å². The molecule has 0 fully saturated rings. The monoisotopic (exact) mass is 474 g/mol. The molecule has 0 radical (unpaired) electrons. The molecular formula is C27H26N2O6. The quantitative estimate of drug-likeness (QED) is 0.370. The van der Waals surface area contributed by atoms with Crippen molar-refractivity contribution in [2.75, 3.05) is 18.1 Å². The van der Waals surface area contributed by atoms with Crippen molar-refractivity contribution in [3.8, 4) is 0 Å². The molecule has 0 aliphatic carbocycles. The summed E-state index contributed by atoms with van der Waals surface area (Å²) in [5.41, 5.74) is 5.96. The van der Waals surface area contributed by atoms with Crippen molar-refractivity contribution in [1.82, 2.24) is 0 Å². The predicted molar refractivity (Wildman–Crippen MR) is 129 cm³/mol. The molecule has 8 heteroatoms. The topological polar surface area (TPSA) is 108 Å². The van der Waals surface area contributed by atoms with Gasteiger partial charge in [-0.05, 0) is 25.5 Å². The number of anilines is 1. The maximum atomic E-state index is 13.6. The first kappa shape index (κ1) is 23.8. The smallest absolute Gasteiger partial charge is 0.339 e. The molecule has 2 aliphatic rings. The fraction of sp³-hybridized carbons (Fsp3) is 0.222. The number of hydrogen-bond donors (Lipinski definition) is 1. The number of carbonyl (C=O) groups is 3. The van der Waals surface area contributed by atoms with Crippen molar-refractivity contribution in [3.05, 3.63) is 101 Å². The molecule has 35 heavy (non-hydrogen) atoms. The van der Waals surface area contributed by atoms with E-state index in [1.807, 2.05) is 30.3 Å². The van der Waals surface area contributed by atoms with Crippen LogP contribution >= 0.6 is 0 Å². The van der Waals surface area contributed by atoms with Gasteiger partial charge in [0.05, 0.1) is 6.61 Å². The van der Waals surface area contributed by atoms with Gasteiger partial charge in [0.15, 0.2) is 5.41 Å². The van der Waals surface area contributed by atoms with Crippen molar-refractivity contribution in [1.29, 1.82) is 0 Å². The summed E-state index contributed by atoms with van der Waals surface area (Å²) >= 11 is 0. The molecule has 0 saturated heterocycles. The molecule has 1 spiro atoms. The average Bonchev–Trinajstić information content (AvgIpc) is 3.11. The van der Waals surface area contributed by atoms with Crippen molar-refractivity contribution in [3.63, 3.8) is 0 Å². The first-order valence-corrected chi connectivity index (χ1v) is 11.2. The lowest BCUT2D eigenvalue weighted by Crippen LogP contribution is -2.50. The van der Waals surface area contributed by atoms with Gasteiger partial charge in [0.2, 0.25) is 0 Å². The largest absolute Gasteiger partial charge is 0.462 e. The van der Waals surface area contributed by atoms with Crippen LogP contribution in [0.5, 0.6) is 0 Å². The maximum Gasteiger partial charge on any atom is 0.339 e. The molecule has 0 saturated carbocycles. The molecule has 2 aromatic rings. The van der Waals surface area contributed by atoms with E-state index in [0.29, 0.717) is 11.3 Å². The Bertz CT molecular complexity index is 1260. The fourth-order valence-electron chi connectivity index (χ4n) is 4.60. The van der Waals surface area contributed by atoms with Gasteiger partial charge >= 0.3 is 17.9 Å². The van der Waals surface area contributed by atoms with Gasteiger partial charge in [0.25, 0.3) is 0 Å². The van der Waals surface area contributed by atoms with E-state index in [9.17, 15) is 14.4 Å². The highest BCUT2D eigenvalue weighted by Crippen LogP contribution is 2.54. The molecule has 2 N–H and O–H groups in total. The van der Waals surface area contributed by atoms with Gasteiger partial charge in [0.1, 0.15) is 29.3 Å². The van der Waals surface area contributed by atoms with E-state index in [4.69, 9.17) is 19.9 Å². The zero-order chi connectivity index (χ0) is 25.2. The minimum absolute atomic E-state index is 0.0259. The zero-order valence-corrected chi connectivity index (χ0v) is 19.6.